The second kappa shape index (κ2) is 10.2. The monoisotopic (exact) mass is 457 g/mol. The van der Waals surface area contributed by atoms with Gasteiger partial charge in [0, 0.05) is 24.7 Å². The molecule has 170 valence electrons. The number of carbonyl (C=O) groups is 1. The van der Waals surface area contributed by atoms with E-state index in [-0.39, 0.29) is 17.6 Å². The van der Waals surface area contributed by atoms with Crippen LogP contribution in [0.1, 0.15) is 30.5 Å². The number of nitrogens with one attached hydrogen (secondary N) is 3. The van der Waals surface area contributed by atoms with Crippen LogP contribution in [0.25, 0.3) is 11.0 Å². The van der Waals surface area contributed by atoms with Crippen LogP contribution in [-0.2, 0) is 17.6 Å². The Hall–Kier alpha value is -2.81. The SMILES string of the molecule is COc1cc(F)ccc1Nc1ncnc2[nH]c3c(c12)CC(CC(=O)NCCCSC)CC3. The van der Waals surface area contributed by atoms with Gasteiger partial charge in [0.05, 0.1) is 18.2 Å². The molecule has 1 aromatic carbocycles. The number of ether oxygens (including phenoxy) is 1. The molecule has 0 saturated heterocycles. The van der Waals surface area contributed by atoms with Crippen LogP contribution in [0.15, 0.2) is 24.5 Å². The van der Waals surface area contributed by atoms with Crippen molar-refractivity contribution < 1.29 is 13.9 Å². The van der Waals surface area contributed by atoms with Crippen LogP contribution >= 0.6 is 11.8 Å². The largest absolute Gasteiger partial charge is 0.494 e. The molecule has 2 heterocycles. The van der Waals surface area contributed by atoms with Crippen molar-refractivity contribution in [2.75, 3.05) is 31.0 Å². The number of H-pyrrole nitrogens is 1. The van der Waals surface area contributed by atoms with E-state index in [1.54, 1.807) is 17.8 Å². The lowest BCUT2D eigenvalue weighted by atomic mass is 9.84. The Morgan fingerprint density at radius 2 is 2.25 bits per heavy atom. The van der Waals surface area contributed by atoms with Gasteiger partial charge in [0.25, 0.3) is 0 Å². The third-order valence-corrected chi connectivity index (χ3v) is 6.51. The number of methoxy groups -OCH3 is 1. The summed E-state index contributed by atoms with van der Waals surface area (Å²) in [6, 6.07) is 4.34. The second-order valence-electron chi connectivity index (χ2n) is 8.01. The fourth-order valence-corrected chi connectivity index (χ4v) is 4.69. The quantitative estimate of drug-likeness (QED) is 0.417. The van der Waals surface area contributed by atoms with Crippen LogP contribution < -0.4 is 15.4 Å². The third-order valence-electron chi connectivity index (χ3n) is 5.82. The van der Waals surface area contributed by atoms with E-state index in [4.69, 9.17) is 4.74 Å². The first-order valence-corrected chi connectivity index (χ1v) is 12.2. The summed E-state index contributed by atoms with van der Waals surface area (Å²) in [6.45, 7) is 0.728. The molecule has 1 aliphatic carbocycles. The topological polar surface area (TPSA) is 91.9 Å². The van der Waals surface area contributed by atoms with E-state index in [0.29, 0.717) is 23.7 Å². The number of amides is 1. The molecule has 32 heavy (non-hydrogen) atoms. The Balaban J connectivity index is 1.54. The Morgan fingerprint density at radius 3 is 3.06 bits per heavy atom. The van der Waals surface area contributed by atoms with Gasteiger partial charge in [0.15, 0.2) is 0 Å². The van der Waals surface area contributed by atoms with Crippen molar-refractivity contribution in [3.8, 4) is 5.75 Å². The van der Waals surface area contributed by atoms with Crippen LogP contribution in [0.2, 0.25) is 0 Å². The molecular weight excluding hydrogens is 429 g/mol. The molecule has 0 bridgehead atoms. The molecule has 7 nitrogen and oxygen atoms in total. The Bertz CT molecular complexity index is 1100. The lowest BCUT2D eigenvalue weighted by molar-refractivity contribution is -0.122. The summed E-state index contributed by atoms with van der Waals surface area (Å²) >= 11 is 1.79. The third kappa shape index (κ3) is 4.98. The van der Waals surface area contributed by atoms with Crippen molar-refractivity contribution >= 4 is 40.2 Å². The van der Waals surface area contributed by atoms with Crippen LogP contribution in [-0.4, -0.2) is 46.5 Å². The normalized spacial score (nSPS) is 15.4. The number of anilines is 2. The van der Waals surface area contributed by atoms with Crippen LogP contribution in [0, 0.1) is 11.7 Å². The Labute approximate surface area is 190 Å². The van der Waals surface area contributed by atoms with Crippen molar-refractivity contribution in [3.05, 3.63) is 41.6 Å². The number of benzene rings is 1. The number of rotatable bonds is 9. The lowest BCUT2D eigenvalue weighted by Crippen LogP contribution is -2.28. The zero-order valence-electron chi connectivity index (χ0n) is 18.3. The Morgan fingerprint density at radius 1 is 1.38 bits per heavy atom. The maximum Gasteiger partial charge on any atom is 0.220 e. The Kier molecular flexibility index (Phi) is 7.14. The van der Waals surface area contributed by atoms with Crippen LogP contribution in [0.5, 0.6) is 5.75 Å². The molecule has 2 aromatic heterocycles. The van der Waals surface area contributed by atoms with Crippen molar-refractivity contribution in [1.29, 1.82) is 0 Å². The predicted octanol–water partition coefficient (Wildman–Crippen LogP) is 4.21. The number of carbonyl (C=O) groups excluding carboxylic acids is 1. The molecule has 0 saturated carbocycles. The first kappa shape index (κ1) is 22.4. The fraction of sp³-hybridized carbons (Fsp3) is 0.435. The molecule has 9 heteroatoms. The van der Waals surface area contributed by atoms with E-state index in [2.05, 4.69) is 31.8 Å². The number of aromatic amines is 1. The van der Waals surface area contributed by atoms with Gasteiger partial charge >= 0.3 is 0 Å². The van der Waals surface area contributed by atoms with Gasteiger partial charge in [-0.15, -0.1) is 0 Å². The van der Waals surface area contributed by atoms with Gasteiger partial charge in [0.1, 0.15) is 29.4 Å². The number of aryl methyl sites for hydroxylation is 1. The molecule has 1 aliphatic rings. The van der Waals surface area contributed by atoms with Gasteiger partial charge in [-0.05, 0) is 61.3 Å². The van der Waals surface area contributed by atoms with Gasteiger partial charge in [0.2, 0.25) is 5.91 Å². The van der Waals surface area contributed by atoms with E-state index < -0.39 is 0 Å². The number of thioether (sulfide) groups is 1. The zero-order valence-corrected chi connectivity index (χ0v) is 19.2. The summed E-state index contributed by atoms with van der Waals surface area (Å²) in [5.41, 5.74) is 3.68. The smallest absolute Gasteiger partial charge is 0.220 e. The maximum atomic E-state index is 13.6. The van der Waals surface area contributed by atoms with Gasteiger partial charge in [-0.2, -0.15) is 11.8 Å². The average molecular weight is 458 g/mol. The molecule has 0 spiro atoms. The number of hydrogen-bond acceptors (Lipinski definition) is 6. The minimum Gasteiger partial charge on any atom is -0.494 e. The highest BCUT2D eigenvalue weighted by molar-refractivity contribution is 7.98. The molecular formula is C23H28FN5O2S. The van der Waals surface area contributed by atoms with E-state index in [1.165, 1.54) is 25.6 Å². The number of aromatic nitrogens is 3. The molecule has 0 fully saturated rings. The van der Waals surface area contributed by atoms with E-state index in [1.807, 2.05) is 0 Å². The van der Waals surface area contributed by atoms with Crippen LogP contribution in [0.4, 0.5) is 15.9 Å². The average Bonchev–Trinajstić information content (AvgIpc) is 3.16. The zero-order chi connectivity index (χ0) is 22.5. The van der Waals surface area contributed by atoms with Gasteiger partial charge in [-0.1, -0.05) is 0 Å². The molecule has 4 rings (SSSR count). The van der Waals surface area contributed by atoms with Crippen LogP contribution in [0.3, 0.4) is 0 Å². The molecule has 3 N–H and O–H groups in total. The minimum absolute atomic E-state index is 0.116. The van der Waals surface area contributed by atoms with E-state index in [0.717, 1.165) is 60.3 Å². The van der Waals surface area contributed by atoms with Gasteiger partial charge in [-0.25, -0.2) is 14.4 Å². The van der Waals surface area contributed by atoms with Gasteiger partial charge in [-0.3, -0.25) is 4.79 Å². The molecule has 1 unspecified atom stereocenters. The molecule has 1 amide bonds. The van der Waals surface area contributed by atoms with E-state index >= 15 is 0 Å². The molecule has 0 aliphatic heterocycles. The molecule has 0 radical (unpaired) electrons. The number of halogens is 1. The summed E-state index contributed by atoms with van der Waals surface area (Å²) in [7, 11) is 1.50. The second-order valence-corrected chi connectivity index (χ2v) is 8.99. The van der Waals surface area contributed by atoms with Crippen molar-refractivity contribution in [3.63, 3.8) is 0 Å². The fourth-order valence-electron chi connectivity index (χ4n) is 4.26. The summed E-state index contributed by atoms with van der Waals surface area (Å²) in [5, 5.41) is 7.24. The highest BCUT2D eigenvalue weighted by Gasteiger charge is 2.26. The van der Waals surface area contributed by atoms with Crippen molar-refractivity contribution in [1.82, 2.24) is 20.3 Å². The number of hydrogen-bond donors (Lipinski definition) is 3. The number of nitrogens with zero attached hydrogens (tertiary/aromatic N) is 2. The summed E-state index contributed by atoms with van der Waals surface area (Å²) in [5.74, 6) is 2.11. The first-order valence-electron chi connectivity index (χ1n) is 10.8. The van der Waals surface area contributed by atoms with Crippen molar-refractivity contribution in [2.45, 2.75) is 32.1 Å². The molecule has 1 atom stereocenters. The number of fused-ring (bicyclic) bond motifs is 3. The summed E-state index contributed by atoms with van der Waals surface area (Å²) in [6.07, 6.45) is 7.70. The van der Waals surface area contributed by atoms with E-state index in [9.17, 15) is 9.18 Å². The maximum absolute atomic E-state index is 13.6. The lowest BCUT2D eigenvalue weighted by Gasteiger charge is -2.22. The van der Waals surface area contributed by atoms with Crippen molar-refractivity contribution in [2.24, 2.45) is 5.92 Å². The first-order chi connectivity index (χ1) is 15.6. The summed E-state index contributed by atoms with van der Waals surface area (Å²) < 4.78 is 18.9. The minimum atomic E-state index is -0.367. The summed E-state index contributed by atoms with van der Waals surface area (Å²) in [4.78, 5) is 24.7. The predicted molar refractivity (Wildman–Crippen MR) is 126 cm³/mol. The molecule has 3 aromatic rings. The standard InChI is InChI=1S/C23H28FN5O2S/c1-31-19-12-15(24)5-7-18(19)29-23-21-16-10-14(11-20(30)25-8-3-9-32-2)4-6-17(16)28-22(21)26-13-27-23/h5,7,12-14H,3-4,6,8-11H2,1-2H3,(H,25,30)(H2,26,27,28,29). The van der Waals surface area contributed by atoms with Gasteiger partial charge < -0.3 is 20.4 Å². The highest BCUT2D eigenvalue weighted by Crippen LogP contribution is 2.37. The highest BCUT2D eigenvalue weighted by atomic mass is 32.2.